The van der Waals surface area contributed by atoms with Gasteiger partial charge in [-0.1, -0.05) is 0 Å². The minimum atomic E-state index is -1.14. The van der Waals surface area contributed by atoms with Crippen molar-refractivity contribution < 1.29 is 139 Å². The van der Waals surface area contributed by atoms with E-state index in [2.05, 4.69) is 0 Å². The number of carbonyl (C=O) groups excluding carboxylic acids is 15. The molecule has 4 rings (SSSR count). The second-order valence-electron chi connectivity index (χ2n) is 17.9. The molecule has 0 bridgehead atoms. The molecule has 4 heterocycles. The Morgan fingerprint density at radius 1 is 0.400 bits per heavy atom. The summed E-state index contributed by atoms with van der Waals surface area (Å²) in [6, 6.07) is 0. The summed E-state index contributed by atoms with van der Waals surface area (Å²) in [5, 5.41) is 10.6. The lowest BCUT2D eigenvalue weighted by molar-refractivity contribution is -0.694. The first-order valence-electron chi connectivity index (χ1n) is 24.7. The lowest BCUT2D eigenvalue weighted by Crippen LogP contribution is -2.46. The zero-order valence-electron chi connectivity index (χ0n) is 44.0. The first-order chi connectivity index (χ1) is 37.9. The average Bonchev–Trinajstić information content (AvgIpc) is 4.08. The molecule has 0 aliphatic carbocycles. The van der Waals surface area contributed by atoms with Gasteiger partial charge in [0, 0.05) is 77.8 Å². The van der Waals surface area contributed by atoms with Gasteiger partial charge in [0.1, 0.15) is 70.7 Å². The Morgan fingerprint density at radius 3 is 0.900 bits per heavy atom. The molecule has 0 radical (unpaired) electrons. The van der Waals surface area contributed by atoms with Crippen molar-refractivity contribution in [1.82, 2.24) is 25.0 Å². The number of esters is 4. The zero-order chi connectivity index (χ0) is 59.1. The predicted octanol–water partition coefficient (Wildman–Crippen LogP) is -4.05. The maximum Gasteiger partial charge on any atom is 0.439 e. The lowest BCUT2D eigenvalue weighted by Gasteiger charge is -2.32. The van der Waals surface area contributed by atoms with Gasteiger partial charge < -0.3 is 57.5 Å². The van der Waals surface area contributed by atoms with E-state index in [-0.39, 0.29) is 90.6 Å². The first kappa shape index (κ1) is 64.6. The summed E-state index contributed by atoms with van der Waals surface area (Å²) in [4.78, 5) is 204. The third-order valence-corrected chi connectivity index (χ3v) is 10.7. The van der Waals surface area contributed by atoms with Crippen LogP contribution in [0.2, 0.25) is 0 Å². The molecule has 1 N–H and O–H groups in total. The van der Waals surface area contributed by atoms with Crippen molar-refractivity contribution in [3.05, 3.63) is 0 Å². The molecule has 34 nitrogen and oxygen atoms in total. The number of imide groups is 3. The molecule has 4 aliphatic heterocycles. The Labute approximate surface area is 453 Å². The standard InChI is InChI=1S/C46H60N6O28/c1-27(73-39(61)19-69-23-43(65)77-49-31(53)5-6-32(49)54)15-47(16-28(2)74-40(62)20-70-24-44(66)78-50-33(55)7-8-34(50)56)13-14-48(17-29(3)75-41(63)21-71-25-45(67)79-51-35(57)9-10-36(51)58)18-30(4)76-42(64)22-72-26-46(68)80-52-37(59)11-12-38(52)60/h27-30H,5-26H2,1-4H3/p+1. The van der Waals surface area contributed by atoms with Crippen LogP contribution in [-0.2, 0) is 129 Å². The number of aliphatic hydroxyl groups is 1. The SMILES string of the molecule is CC(CN(CCN(CC(C)OC(=O)COCC(=O)ON1C(=O)CCC1=O)CC(C)OC(=O)COCC(=O)O[N+]1=C(O)CCC1=O)CC(C)OC(=O)COCC(=O)ON1C(=O)CCC1=O)OC(=O)COCC(=O)ON1C(=O)CCC1=O. The Bertz CT molecular complexity index is 2290. The van der Waals surface area contributed by atoms with Crippen LogP contribution in [0.3, 0.4) is 0 Å². The highest BCUT2D eigenvalue weighted by Gasteiger charge is 2.38. The van der Waals surface area contributed by atoms with E-state index in [1.165, 1.54) is 27.7 Å². The van der Waals surface area contributed by atoms with Crippen LogP contribution >= 0.6 is 0 Å². The van der Waals surface area contributed by atoms with Gasteiger partial charge >= 0.3 is 59.6 Å². The van der Waals surface area contributed by atoms with Crippen LogP contribution < -0.4 is 0 Å². The van der Waals surface area contributed by atoms with Gasteiger partial charge in [0.05, 0.1) is 17.6 Å². The van der Waals surface area contributed by atoms with Crippen LogP contribution in [-0.4, -0.2) is 246 Å². The third-order valence-electron chi connectivity index (χ3n) is 10.7. The quantitative estimate of drug-likeness (QED) is 0.0207. The van der Waals surface area contributed by atoms with E-state index in [1.54, 1.807) is 9.80 Å². The Morgan fingerprint density at radius 2 is 0.650 bits per heavy atom. The molecule has 0 aromatic rings. The molecule has 0 aromatic heterocycles. The molecule has 34 heteroatoms. The summed E-state index contributed by atoms with van der Waals surface area (Å²) in [5.74, 6) is -13.9. The molecule has 0 aromatic carbocycles. The summed E-state index contributed by atoms with van der Waals surface area (Å²) in [5.41, 5.74) is 0. The normalized spacial score (nSPS) is 17.0. The van der Waals surface area contributed by atoms with Gasteiger partial charge in [-0.3, -0.25) is 38.6 Å². The molecule has 3 fully saturated rings. The van der Waals surface area contributed by atoms with Crippen molar-refractivity contribution in [1.29, 1.82) is 0 Å². The van der Waals surface area contributed by atoms with Crippen LogP contribution in [0.15, 0.2) is 0 Å². The van der Waals surface area contributed by atoms with Crippen molar-refractivity contribution in [2.24, 2.45) is 0 Å². The molecule has 4 unspecified atom stereocenters. The number of hydrogen-bond acceptors (Lipinski definition) is 29. The second kappa shape index (κ2) is 32.2. The smallest absolute Gasteiger partial charge is 0.439 e. The van der Waals surface area contributed by atoms with Gasteiger partial charge in [-0.2, -0.15) is 4.84 Å². The highest BCUT2D eigenvalue weighted by molar-refractivity contribution is 6.03. The van der Waals surface area contributed by atoms with Crippen molar-refractivity contribution in [2.75, 3.05) is 92.1 Å². The first-order valence-corrected chi connectivity index (χ1v) is 24.7. The molecule has 4 aliphatic rings. The highest BCUT2D eigenvalue weighted by Crippen LogP contribution is 2.15. The number of amides is 7. The lowest BCUT2D eigenvalue weighted by atomic mass is 10.2. The van der Waals surface area contributed by atoms with Gasteiger partial charge in [-0.25, -0.2) is 43.2 Å². The fraction of sp³-hybridized carbons (Fsp3) is 0.652. The number of rotatable bonds is 35. The zero-order valence-corrected chi connectivity index (χ0v) is 44.0. The summed E-state index contributed by atoms with van der Waals surface area (Å²) in [6.45, 7) is -0.731. The number of hydrogen-bond donors (Lipinski definition) is 1. The molecular formula is C46H61N6O28+. The molecule has 80 heavy (non-hydrogen) atoms. The van der Waals surface area contributed by atoms with Crippen LogP contribution in [0.1, 0.15) is 79.1 Å². The summed E-state index contributed by atoms with van der Waals surface area (Å²) in [6.07, 6.45) is -4.82. The van der Waals surface area contributed by atoms with Crippen LogP contribution in [0.4, 0.5) is 0 Å². The van der Waals surface area contributed by atoms with Crippen molar-refractivity contribution >= 4 is 95.0 Å². The number of aliphatic hydroxyl groups excluding tert-OH is 1. The summed E-state index contributed by atoms with van der Waals surface area (Å²) in [7, 11) is 0. The Hall–Kier alpha value is -7.92. The van der Waals surface area contributed by atoms with E-state index in [1.807, 2.05) is 0 Å². The Kier molecular flexibility index (Phi) is 26.0. The number of hydroxylamine groups is 7. The van der Waals surface area contributed by atoms with E-state index >= 15 is 0 Å². The third kappa shape index (κ3) is 22.8. The molecule has 3 saturated heterocycles. The van der Waals surface area contributed by atoms with E-state index in [0.29, 0.717) is 19.9 Å². The fourth-order valence-electron chi connectivity index (χ4n) is 7.46. The molecule has 0 spiro atoms. The maximum absolute atomic E-state index is 12.8. The molecule has 0 saturated carbocycles. The largest absolute Gasteiger partial charge is 0.460 e. The van der Waals surface area contributed by atoms with Gasteiger partial charge in [0.15, 0.2) is 6.61 Å². The van der Waals surface area contributed by atoms with E-state index in [9.17, 15) is 77.0 Å². The number of ether oxygens (including phenoxy) is 8. The monoisotopic (exact) mass is 1150 g/mol. The molecule has 442 valence electrons. The van der Waals surface area contributed by atoms with Gasteiger partial charge in [-0.05, 0) is 27.7 Å². The van der Waals surface area contributed by atoms with Gasteiger partial charge in [0.25, 0.3) is 35.4 Å². The number of nitrogens with zero attached hydrogens (tertiary/aromatic N) is 6. The predicted molar refractivity (Wildman–Crippen MR) is 248 cm³/mol. The van der Waals surface area contributed by atoms with Crippen LogP contribution in [0.25, 0.3) is 0 Å². The van der Waals surface area contributed by atoms with E-state index in [4.69, 9.17) is 57.2 Å². The molecular weight excluding hydrogens is 1080 g/mol. The summed E-state index contributed by atoms with van der Waals surface area (Å²) >= 11 is 0. The van der Waals surface area contributed by atoms with E-state index < -0.39 is 172 Å². The Balaban J connectivity index is 1.38. The van der Waals surface area contributed by atoms with Gasteiger partial charge in [-0.15, -0.1) is 15.2 Å². The minimum Gasteiger partial charge on any atom is -0.460 e. The highest BCUT2D eigenvalue weighted by atomic mass is 16.8. The number of carbonyl (C=O) groups is 15. The van der Waals surface area contributed by atoms with Crippen LogP contribution in [0.5, 0.6) is 0 Å². The van der Waals surface area contributed by atoms with Crippen molar-refractivity contribution in [3.63, 3.8) is 0 Å². The van der Waals surface area contributed by atoms with Crippen molar-refractivity contribution in [2.45, 2.75) is 103 Å². The van der Waals surface area contributed by atoms with Crippen LogP contribution in [0, 0.1) is 0 Å². The van der Waals surface area contributed by atoms with Crippen molar-refractivity contribution in [3.8, 4) is 0 Å². The topological polar surface area (TPSA) is 406 Å². The second-order valence-corrected chi connectivity index (χ2v) is 17.9. The molecule has 4 atom stereocenters. The minimum absolute atomic E-state index is 0.0304. The fourth-order valence-corrected chi connectivity index (χ4v) is 7.46. The van der Waals surface area contributed by atoms with E-state index in [0.717, 1.165) is 0 Å². The average molecular weight is 1150 g/mol. The summed E-state index contributed by atoms with van der Waals surface area (Å²) < 4.78 is 42.5. The molecule has 7 amide bonds. The van der Waals surface area contributed by atoms with Gasteiger partial charge in [0.2, 0.25) is 0 Å². The maximum atomic E-state index is 12.8.